The summed E-state index contributed by atoms with van der Waals surface area (Å²) in [5.41, 5.74) is 2.30. The van der Waals surface area contributed by atoms with E-state index in [1.165, 1.54) is 44.9 Å². The number of carbonyl (C=O) groups excluding carboxylic acids is 1. The summed E-state index contributed by atoms with van der Waals surface area (Å²) in [7, 11) is 0. The van der Waals surface area contributed by atoms with Gasteiger partial charge in [-0.3, -0.25) is 4.79 Å². The van der Waals surface area contributed by atoms with Crippen molar-refractivity contribution in [2.24, 2.45) is 0 Å². The molecule has 1 unspecified atom stereocenters. The van der Waals surface area contributed by atoms with Gasteiger partial charge >= 0.3 is 5.97 Å². The third kappa shape index (κ3) is 12.7. The first-order valence-corrected chi connectivity index (χ1v) is 13.8. The van der Waals surface area contributed by atoms with Crippen molar-refractivity contribution < 1.29 is 19.0 Å². The molecule has 194 valence electrons. The Hall–Kier alpha value is -2.49. The van der Waals surface area contributed by atoms with E-state index in [-0.39, 0.29) is 12.1 Å². The minimum atomic E-state index is -0.130. The van der Waals surface area contributed by atoms with Crippen LogP contribution < -0.4 is 9.47 Å². The van der Waals surface area contributed by atoms with Crippen molar-refractivity contribution in [2.75, 3.05) is 13.2 Å². The number of benzene rings is 2. The lowest BCUT2D eigenvalue weighted by Crippen LogP contribution is -2.17. The molecule has 0 fully saturated rings. The van der Waals surface area contributed by atoms with Crippen LogP contribution >= 0.6 is 0 Å². The van der Waals surface area contributed by atoms with E-state index >= 15 is 0 Å². The average molecular weight is 483 g/mol. The summed E-state index contributed by atoms with van der Waals surface area (Å²) in [6.07, 6.45) is 13.1. The van der Waals surface area contributed by atoms with Crippen molar-refractivity contribution in [3.8, 4) is 22.6 Å². The van der Waals surface area contributed by atoms with E-state index < -0.39 is 0 Å². The average Bonchev–Trinajstić information content (AvgIpc) is 2.87. The highest BCUT2D eigenvalue weighted by Crippen LogP contribution is 2.25. The highest BCUT2D eigenvalue weighted by atomic mass is 16.5. The van der Waals surface area contributed by atoms with E-state index in [1.807, 2.05) is 31.2 Å². The molecule has 2 aromatic carbocycles. The Labute approximate surface area is 213 Å². The van der Waals surface area contributed by atoms with Crippen LogP contribution in [0.1, 0.15) is 97.8 Å². The Morgan fingerprint density at radius 3 is 1.71 bits per heavy atom. The molecular formula is C31H46O4. The van der Waals surface area contributed by atoms with E-state index in [4.69, 9.17) is 14.2 Å². The number of carbonyl (C=O) groups is 1. The van der Waals surface area contributed by atoms with Crippen LogP contribution in [0.3, 0.4) is 0 Å². The second-order valence-corrected chi connectivity index (χ2v) is 9.41. The summed E-state index contributed by atoms with van der Waals surface area (Å²) >= 11 is 0. The molecule has 0 aliphatic rings. The number of esters is 1. The van der Waals surface area contributed by atoms with Crippen LogP contribution in [0, 0.1) is 0 Å². The SMILES string of the molecule is CCCCCCCCOc1ccc(-c2ccc(OCCC(C)OC(=O)CCCCCC)cc2)cc1. The Bertz CT molecular complexity index is 798. The highest BCUT2D eigenvalue weighted by Gasteiger charge is 2.10. The van der Waals surface area contributed by atoms with Crippen molar-refractivity contribution in [1.82, 2.24) is 0 Å². The van der Waals surface area contributed by atoms with Gasteiger partial charge in [-0.1, -0.05) is 89.5 Å². The van der Waals surface area contributed by atoms with Gasteiger partial charge in [-0.25, -0.2) is 0 Å². The van der Waals surface area contributed by atoms with E-state index in [0.29, 0.717) is 19.4 Å². The highest BCUT2D eigenvalue weighted by molar-refractivity contribution is 5.69. The van der Waals surface area contributed by atoms with Gasteiger partial charge in [0.2, 0.25) is 0 Å². The smallest absolute Gasteiger partial charge is 0.306 e. The molecule has 0 aromatic heterocycles. The Kier molecular flexibility index (Phi) is 14.7. The molecule has 0 aliphatic heterocycles. The third-order valence-electron chi connectivity index (χ3n) is 6.17. The van der Waals surface area contributed by atoms with E-state index in [1.54, 1.807) is 0 Å². The second kappa shape index (κ2) is 17.9. The summed E-state index contributed by atoms with van der Waals surface area (Å²) in [6, 6.07) is 16.4. The quantitative estimate of drug-likeness (QED) is 0.148. The van der Waals surface area contributed by atoms with E-state index in [9.17, 15) is 4.79 Å². The molecule has 0 saturated carbocycles. The fourth-order valence-corrected chi connectivity index (χ4v) is 3.94. The maximum Gasteiger partial charge on any atom is 0.306 e. The van der Waals surface area contributed by atoms with Gasteiger partial charge in [0.15, 0.2) is 0 Å². The normalized spacial score (nSPS) is 11.7. The molecule has 0 saturated heterocycles. The van der Waals surface area contributed by atoms with Gasteiger partial charge in [-0.2, -0.15) is 0 Å². The Morgan fingerprint density at radius 2 is 1.14 bits per heavy atom. The lowest BCUT2D eigenvalue weighted by Gasteiger charge is -2.14. The lowest BCUT2D eigenvalue weighted by atomic mass is 10.1. The molecule has 0 spiro atoms. The first-order chi connectivity index (χ1) is 17.1. The molecule has 0 aliphatic carbocycles. The summed E-state index contributed by atoms with van der Waals surface area (Å²) in [4.78, 5) is 11.9. The molecule has 1 atom stereocenters. The monoisotopic (exact) mass is 482 g/mol. The topological polar surface area (TPSA) is 44.8 Å². The zero-order chi connectivity index (χ0) is 25.1. The van der Waals surface area contributed by atoms with Crippen LogP contribution in [0.4, 0.5) is 0 Å². The molecule has 4 heteroatoms. The molecule has 4 nitrogen and oxygen atoms in total. The first kappa shape index (κ1) is 28.7. The van der Waals surface area contributed by atoms with Crippen molar-refractivity contribution in [3.63, 3.8) is 0 Å². The van der Waals surface area contributed by atoms with Gasteiger partial charge in [0.05, 0.1) is 13.2 Å². The minimum absolute atomic E-state index is 0.100. The Balaban J connectivity index is 1.65. The van der Waals surface area contributed by atoms with Gasteiger partial charge < -0.3 is 14.2 Å². The molecule has 0 radical (unpaired) electrons. The summed E-state index contributed by atoms with van der Waals surface area (Å²) < 4.78 is 17.2. The largest absolute Gasteiger partial charge is 0.494 e. The predicted molar refractivity (Wildman–Crippen MR) is 145 cm³/mol. The zero-order valence-corrected chi connectivity index (χ0v) is 22.2. The number of unbranched alkanes of at least 4 members (excludes halogenated alkanes) is 8. The Morgan fingerprint density at radius 1 is 0.657 bits per heavy atom. The minimum Gasteiger partial charge on any atom is -0.494 e. The number of hydrogen-bond donors (Lipinski definition) is 0. The molecule has 2 rings (SSSR count). The van der Waals surface area contributed by atoms with E-state index in [2.05, 4.69) is 38.1 Å². The number of ether oxygens (including phenoxy) is 3. The maximum absolute atomic E-state index is 11.9. The van der Waals surface area contributed by atoms with Crippen molar-refractivity contribution >= 4 is 5.97 Å². The van der Waals surface area contributed by atoms with E-state index in [0.717, 1.165) is 48.5 Å². The van der Waals surface area contributed by atoms with Crippen LogP contribution in [-0.4, -0.2) is 25.3 Å². The standard InChI is InChI=1S/C31H46O4/c1-4-6-8-10-11-13-24-33-29-19-15-27(16-20-29)28-17-21-30(22-18-28)34-25-23-26(3)35-31(32)14-12-9-7-5-2/h15-22,26H,4-14,23-25H2,1-3H3. The third-order valence-corrected chi connectivity index (χ3v) is 6.17. The zero-order valence-electron chi connectivity index (χ0n) is 22.2. The first-order valence-electron chi connectivity index (χ1n) is 13.8. The molecule has 0 amide bonds. The number of hydrogen-bond acceptors (Lipinski definition) is 4. The molecule has 0 bridgehead atoms. The van der Waals surface area contributed by atoms with Crippen LogP contribution in [0.15, 0.2) is 48.5 Å². The molecule has 0 heterocycles. The van der Waals surface area contributed by atoms with Gasteiger partial charge in [0.25, 0.3) is 0 Å². The van der Waals surface area contributed by atoms with Crippen LogP contribution in [-0.2, 0) is 9.53 Å². The van der Waals surface area contributed by atoms with Crippen LogP contribution in [0.25, 0.3) is 11.1 Å². The van der Waals surface area contributed by atoms with Crippen molar-refractivity contribution in [1.29, 1.82) is 0 Å². The van der Waals surface area contributed by atoms with Gasteiger partial charge in [0.1, 0.15) is 17.6 Å². The van der Waals surface area contributed by atoms with Gasteiger partial charge in [0, 0.05) is 12.8 Å². The van der Waals surface area contributed by atoms with Gasteiger partial charge in [-0.05, 0) is 55.2 Å². The van der Waals surface area contributed by atoms with Crippen LogP contribution in [0.2, 0.25) is 0 Å². The molecule has 0 N–H and O–H groups in total. The molecule has 35 heavy (non-hydrogen) atoms. The maximum atomic E-state index is 11.9. The fraction of sp³-hybridized carbons (Fsp3) is 0.581. The van der Waals surface area contributed by atoms with Crippen molar-refractivity contribution in [3.05, 3.63) is 48.5 Å². The predicted octanol–water partition coefficient (Wildman–Crippen LogP) is 8.76. The second-order valence-electron chi connectivity index (χ2n) is 9.41. The summed E-state index contributed by atoms with van der Waals surface area (Å²) in [5, 5.41) is 0. The number of rotatable bonds is 19. The summed E-state index contributed by atoms with van der Waals surface area (Å²) in [5.74, 6) is 1.65. The van der Waals surface area contributed by atoms with Gasteiger partial charge in [-0.15, -0.1) is 0 Å². The molecular weight excluding hydrogens is 436 g/mol. The lowest BCUT2D eigenvalue weighted by molar-refractivity contribution is -0.148. The molecule has 2 aromatic rings. The van der Waals surface area contributed by atoms with Crippen LogP contribution in [0.5, 0.6) is 11.5 Å². The van der Waals surface area contributed by atoms with Crippen molar-refractivity contribution in [2.45, 2.75) is 104 Å². The summed E-state index contributed by atoms with van der Waals surface area (Å²) in [6.45, 7) is 7.65. The fourth-order valence-electron chi connectivity index (χ4n) is 3.94.